The van der Waals surface area contributed by atoms with E-state index in [-0.39, 0.29) is 12.8 Å². The lowest BCUT2D eigenvalue weighted by Crippen LogP contribution is -2.30. The van der Waals surface area contributed by atoms with E-state index in [2.05, 4.69) is 77.6 Å². The summed E-state index contributed by atoms with van der Waals surface area (Å²) in [6, 6.07) is 0. The van der Waals surface area contributed by atoms with Crippen molar-refractivity contribution in [2.45, 2.75) is 167 Å². The molecule has 0 amide bonds. The van der Waals surface area contributed by atoms with Gasteiger partial charge in [0.1, 0.15) is 12.7 Å². The topological polar surface area (TPSA) is 216 Å². The van der Waals surface area contributed by atoms with Crippen molar-refractivity contribution < 1.29 is 66.7 Å². The van der Waals surface area contributed by atoms with E-state index in [1.54, 1.807) is 6.08 Å². The Bertz CT molecular complexity index is 1510. The van der Waals surface area contributed by atoms with E-state index in [1.807, 2.05) is 36.5 Å². The number of phosphoric acid groups is 2. The summed E-state index contributed by atoms with van der Waals surface area (Å²) in [5.74, 6) is -1.18. The molecule has 0 saturated carbocycles. The lowest BCUT2D eigenvalue weighted by Gasteiger charge is -2.20. The minimum atomic E-state index is -4.89. The van der Waals surface area contributed by atoms with Gasteiger partial charge in [-0.15, -0.1) is 0 Å². The van der Waals surface area contributed by atoms with Gasteiger partial charge in [-0.05, 0) is 89.9 Å². The zero-order valence-corrected chi connectivity index (χ0v) is 40.2. The number of esters is 2. The molecular formula is C48H80O14P2. The van der Waals surface area contributed by atoms with Crippen LogP contribution in [0.5, 0.6) is 0 Å². The summed E-state index contributed by atoms with van der Waals surface area (Å²) in [4.78, 5) is 52.8. The average molecular weight is 943 g/mol. The lowest BCUT2D eigenvalue weighted by atomic mass is 10.1. The Hall–Kier alpha value is -3.00. The molecule has 4 atom stereocenters. The van der Waals surface area contributed by atoms with Crippen LogP contribution < -0.4 is 0 Å². The molecule has 366 valence electrons. The third-order valence-electron chi connectivity index (χ3n) is 9.02. The van der Waals surface area contributed by atoms with Gasteiger partial charge in [0, 0.05) is 12.8 Å². The van der Waals surface area contributed by atoms with Crippen molar-refractivity contribution in [3.8, 4) is 0 Å². The molecule has 0 aromatic carbocycles. The standard InChI is InChI=1S/C48H80O14P2/c1-3-5-7-9-11-12-13-14-15-16-17-18-19-20-21-22-27-31-35-39-48(52)62-46(43-61-64(56,57)60-41-45(50)40-59-63(53,54)55)42-58-47(51)38-34-30-26-24-23-25-29-33-37-44(49)36-32-28-10-8-6-4-2/h11-12,14-15,17-18,20-21,24-26,28-29,32-33,37,44-46,49-50H,3-10,13,16,19,22-23,27,30-31,34-36,38-43H2,1-2H3,(H,56,57)(H2,53,54,55)/b12-11-,15-14-,18-17-,21-20-,26-24-,29-25-,32-28-,37-33+/t44-,45+,46-/m1/s1. The van der Waals surface area contributed by atoms with E-state index in [0.29, 0.717) is 32.1 Å². The molecule has 0 aromatic rings. The maximum absolute atomic E-state index is 12.7. The Labute approximate surface area is 383 Å². The molecule has 14 nitrogen and oxygen atoms in total. The first-order valence-electron chi connectivity index (χ1n) is 23.0. The number of hydrogen-bond acceptors (Lipinski definition) is 11. The highest BCUT2D eigenvalue weighted by Crippen LogP contribution is 2.43. The molecule has 0 bridgehead atoms. The van der Waals surface area contributed by atoms with E-state index >= 15 is 0 Å². The number of unbranched alkanes of at least 4 members (excludes halogenated alkanes) is 10. The van der Waals surface area contributed by atoms with Crippen LogP contribution in [0.3, 0.4) is 0 Å². The molecule has 5 N–H and O–H groups in total. The second-order valence-corrected chi connectivity index (χ2v) is 17.9. The van der Waals surface area contributed by atoms with Gasteiger partial charge >= 0.3 is 27.6 Å². The van der Waals surface area contributed by atoms with Crippen LogP contribution in [0.25, 0.3) is 0 Å². The molecule has 0 fully saturated rings. The molecule has 1 unspecified atom stereocenters. The number of phosphoric ester groups is 2. The van der Waals surface area contributed by atoms with E-state index in [4.69, 9.17) is 23.8 Å². The van der Waals surface area contributed by atoms with Crippen molar-refractivity contribution in [1.82, 2.24) is 0 Å². The van der Waals surface area contributed by atoms with Crippen molar-refractivity contribution in [3.05, 3.63) is 97.2 Å². The number of rotatable bonds is 42. The normalized spacial score (nSPS) is 15.3. The maximum atomic E-state index is 12.7. The molecule has 0 rings (SSSR count). The Kier molecular flexibility index (Phi) is 40.6. The van der Waals surface area contributed by atoms with Crippen molar-refractivity contribution in [3.63, 3.8) is 0 Å². The first-order chi connectivity index (χ1) is 30.8. The first kappa shape index (κ1) is 61.0. The van der Waals surface area contributed by atoms with Gasteiger partial charge in [-0.2, -0.15) is 0 Å². The summed E-state index contributed by atoms with van der Waals surface area (Å²) in [6.45, 7) is 1.50. The summed E-state index contributed by atoms with van der Waals surface area (Å²) >= 11 is 0. The molecular weight excluding hydrogens is 862 g/mol. The van der Waals surface area contributed by atoms with Crippen molar-refractivity contribution in [2.24, 2.45) is 0 Å². The molecule has 0 radical (unpaired) electrons. The summed E-state index contributed by atoms with van der Waals surface area (Å²) in [5.41, 5.74) is 0. The van der Waals surface area contributed by atoms with Crippen LogP contribution in [0.15, 0.2) is 97.2 Å². The number of carbonyl (C=O) groups excluding carboxylic acids is 2. The molecule has 64 heavy (non-hydrogen) atoms. The predicted molar refractivity (Wildman–Crippen MR) is 254 cm³/mol. The number of aliphatic hydroxyl groups is 2. The Morgan fingerprint density at radius 2 is 1.00 bits per heavy atom. The van der Waals surface area contributed by atoms with Gasteiger partial charge in [0.25, 0.3) is 0 Å². The van der Waals surface area contributed by atoms with Gasteiger partial charge in [0.2, 0.25) is 0 Å². The van der Waals surface area contributed by atoms with Crippen LogP contribution in [0.1, 0.15) is 149 Å². The van der Waals surface area contributed by atoms with Crippen LogP contribution >= 0.6 is 15.6 Å². The molecule has 0 aliphatic carbocycles. The molecule has 0 aliphatic rings. The Morgan fingerprint density at radius 1 is 0.516 bits per heavy atom. The SMILES string of the molecule is CCCCC/C=C\C/C=C\C/C=C\C/C=C\CCCCCC(=O)O[C@H](COC(=O)CCC/C=C\C/C=C\C=C\[C@H](O)C/C=C\CCCCC)COP(=O)(O)OC[C@@H](O)COP(=O)(O)O. The predicted octanol–water partition coefficient (Wildman–Crippen LogP) is 11.1. The van der Waals surface area contributed by atoms with Crippen LogP contribution in [-0.4, -0.2) is 81.6 Å². The largest absolute Gasteiger partial charge is 0.472 e. The van der Waals surface area contributed by atoms with Crippen LogP contribution in [0.4, 0.5) is 0 Å². The number of hydrogen-bond donors (Lipinski definition) is 5. The van der Waals surface area contributed by atoms with Crippen LogP contribution in [-0.2, 0) is 41.8 Å². The summed E-state index contributed by atoms with van der Waals surface area (Å²) in [6.07, 6.45) is 47.1. The van der Waals surface area contributed by atoms with E-state index in [0.717, 1.165) is 51.4 Å². The van der Waals surface area contributed by atoms with Crippen molar-refractivity contribution in [1.29, 1.82) is 0 Å². The summed E-state index contributed by atoms with van der Waals surface area (Å²) in [5, 5.41) is 19.8. The van der Waals surface area contributed by atoms with Crippen molar-refractivity contribution >= 4 is 27.6 Å². The maximum Gasteiger partial charge on any atom is 0.472 e. The minimum absolute atomic E-state index is 0.0642. The number of allylic oxidation sites excluding steroid dienone is 14. The van der Waals surface area contributed by atoms with Crippen LogP contribution in [0, 0.1) is 0 Å². The third-order valence-corrected chi connectivity index (χ3v) is 10.5. The quantitative estimate of drug-likeness (QED) is 0.0127. The lowest BCUT2D eigenvalue weighted by molar-refractivity contribution is -0.161. The van der Waals surface area contributed by atoms with Crippen LogP contribution in [0.2, 0.25) is 0 Å². The molecule has 0 spiro atoms. The molecule has 16 heteroatoms. The zero-order valence-electron chi connectivity index (χ0n) is 38.5. The third kappa shape index (κ3) is 45.6. The van der Waals surface area contributed by atoms with E-state index < -0.39 is 72.3 Å². The highest BCUT2D eigenvalue weighted by molar-refractivity contribution is 7.47. The van der Waals surface area contributed by atoms with Gasteiger partial charge < -0.3 is 34.4 Å². The fraction of sp³-hybridized carbons (Fsp3) is 0.625. The average Bonchev–Trinajstić information content (AvgIpc) is 3.25. The van der Waals surface area contributed by atoms with Gasteiger partial charge in [-0.25, -0.2) is 9.13 Å². The fourth-order valence-electron chi connectivity index (χ4n) is 5.47. The zero-order chi connectivity index (χ0) is 47.4. The molecule has 0 heterocycles. The first-order valence-corrected chi connectivity index (χ1v) is 26.1. The van der Waals surface area contributed by atoms with Crippen molar-refractivity contribution in [2.75, 3.05) is 26.4 Å². The molecule has 0 saturated heterocycles. The van der Waals surface area contributed by atoms with E-state index in [1.165, 1.54) is 38.5 Å². The van der Waals surface area contributed by atoms with E-state index in [9.17, 15) is 33.8 Å². The highest BCUT2D eigenvalue weighted by atomic mass is 31.2. The highest BCUT2D eigenvalue weighted by Gasteiger charge is 2.28. The number of ether oxygens (including phenoxy) is 2. The fourth-order valence-corrected chi connectivity index (χ4v) is 6.62. The summed E-state index contributed by atoms with van der Waals surface area (Å²) < 4.78 is 47.7. The Balaban J connectivity index is 4.72. The number of aliphatic hydroxyl groups excluding tert-OH is 2. The second kappa shape index (κ2) is 42.6. The van der Waals surface area contributed by atoms with Gasteiger partial charge in [0.15, 0.2) is 6.10 Å². The van der Waals surface area contributed by atoms with Gasteiger partial charge in [0.05, 0.1) is 25.9 Å². The minimum Gasteiger partial charge on any atom is -0.462 e. The van der Waals surface area contributed by atoms with Gasteiger partial charge in [-0.3, -0.25) is 23.2 Å². The molecule has 0 aromatic heterocycles. The summed E-state index contributed by atoms with van der Waals surface area (Å²) in [7, 11) is -9.74. The number of carbonyl (C=O) groups is 2. The Morgan fingerprint density at radius 3 is 1.58 bits per heavy atom. The smallest absolute Gasteiger partial charge is 0.462 e. The monoisotopic (exact) mass is 943 g/mol. The van der Waals surface area contributed by atoms with Gasteiger partial charge in [-0.1, -0.05) is 143 Å². The molecule has 0 aliphatic heterocycles. The second-order valence-electron chi connectivity index (χ2n) is 15.2.